The van der Waals surface area contributed by atoms with Crippen LogP contribution < -0.4 is 10.2 Å². The van der Waals surface area contributed by atoms with Crippen molar-refractivity contribution in [3.05, 3.63) is 78.8 Å². The fraction of sp³-hybridized carbons (Fsp3) is 0.227. The molecule has 1 fully saturated rings. The minimum absolute atomic E-state index is 0.0175. The molecule has 28 heavy (non-hydrogen) atoms. The summed E-state index contributed by atoms with van der Waals surface area (Å²) >= 11 is 0. The maximum atomic E-state index is 12.5. The highest BCUT2D eigenvalue weighted by Gasteiger charge is 2.23. The average molecular weight is 372 g/mol. The Balaban J connectivity index is 1.38. The Morgan fingerprint density at radius 2 is 1.61 bits per heavy atom. The summed E-state index contributed by atoms with van der Waals surface area (Å²) in [6.07, 6.45) is 3.44. The molecular weight excluding hydrogens is 349 g/mol. The number of amides is 2. The van der Waals surface area contributed by atoms with E-state index in [0.29, 0.717) is 19.6 Å². The molecule has 2 heterocycles. The zero-order valence-corrected chi connectivity index (χ0v) is 15.7. The highest BCUT2D eigenvalue weighted by atomic mass is 16.1. The van der Waals surface area contributed by atoms with Crippen LogP contribution in [-0.2, 0) is 6.54 Å². The molecule has 0 radical (unpaired) electrons. The molecule has 4 rings (SSSR count). The number of piperazine rings is 1. The molecule has 2 amide bonds. The first-order chi connectivity index (χ1) is 13.8. The van der Waals surface area contributed by atoms with E-state index in [9.17, 15) is 4.79 Å². The topological polar surface area (TPSA) is 61.4 Å². The van der Waals surface area contributed by atoms with Crippen LogP contribution in [0.4, 0.5) is 10.5 Å². The second-order valence-corrected chi connectivity index (χ2v) is 6.74. The molecule has 6 heteroatoms. The van der Waals surface area contributed by atoms with Gasteiger partial charge in [-0.25, -0.2) is 14.8 Å². The Hall–Kier alpha value is -3.41. The second kappa shape index (κ2) is 8.52. The fourth-order valence-corrected chi connectivity index (χ4v) is 3.41. The number of hydrogen-bond donors (Lipinski definition) is 1. The van der Waals surface area contributed by atoms with Crippen LogP contribution in [0.25, 0.3) is 11.3 Å². The lowest BCUT2D eigenvalue weighted by Crippen LogP contribution is -2.51. The van der Waals surface area contributed by atoms with E-state index < -0.39 is 0 Å². The number of aromatic nitrogens is 2. The molecule has 0 spiro atoms. The van der Waals surface area contributed by atoms with Gasteiger partial charge in [-0.2, -0.15) is 0 Å². The summed E-state index contributed by atoms with van der Waals surface area (Å²) in [7, 11) is 0. The lowest BCUT2D eigenvalue weighted by Gasteiger charge is -2.36. The van der Waals surface area contributed by atoms with E-state index in [1.165, 1.54) is 0 Å². The van der Waals surface area contributed by atoms with Crippen molar-refractivity contribution in [3.8, 4) is 11.3 Å². The predicted octanol–water partition coefficient (Wildman–Crippen LogP) is 3.18. The third-order valence-electron chi connectivity index (χ3n) is 4.93. The molecular formula is C22H23N5O. The molecule has 0 saturated carbocycles. The van der Waals surface area contributed by atoms with Crippen molar-refractivity contribution in [1.29, 1.82) is 0 Å². The molecule has 2 aromatic carbocycles. The quantitative estimate of drug-likeness (QED) is 0.764. The van der Waals surface area contributed by atoms with Crippen molar-refractivity contribution >= 4 is 11.7 Å². The smallest absolute Gasteiger partial charge is 0.317 e. The van der Waals surface area contributed by atoms with Crippen LogP contribution in [0.1, 0.15) is 5.56 Å². The summed E-state index contributed by atoms with van der Waals surface area (Å²) in [5, 5.41) is 3.00. The molecule has 6 nitrogen and oxygen atoms in total. The lowest BCUT2D eigenvalue weighted by atomic mass is 10.1. The first-order valence-electron chi connectivity index (χ1n) is 9.48. The van der Waals surface area contributed by atoms with Gasteiger partial charge in [-0.15, -0.1) is 0 Å². The average Bonchev–Trinajstić information content (AvgIpc) is 2.79. The van der Waals surface area contributed by atoms with Crippen LogP contribution in [0.3, 0.4) is 0 Å². The maximum Gasteiger partial charge on any atom is 0.317 e. The molecule has 3 aromatic rings. The molecule has 1 aliphatic heterocycles. The summed E-state index contributed by atoms with van der Waals surface area (Å²) in [5.74, 6) is 0. The Morgan fingerprint density at radius 1 is 0.929 bits per heavy atom. The van der Waals surface area contributed by atoms with E-state index in [-0.39, 0.29) is 6.03 Å². The number of benzene rings is 2. The maximum absolute atomic E-state index is 12.5. The van der Waals surface area contributed by atoms with Gasteiger partial charge in [0.1, 0.15) is 6.33 Å². The number of nitrogens with one attached hydrogen (secondary N) is 1. The minimum Gasteiger partial charge on any atom is -0.365 e. The van der Waals surface area contributed by atoms with Crippen LogP contribution in [0.15, 0.2) is 73.2 Å². The summed E-state index contributed by atoms with van der Waals surface area (Å²) in [6, 6.07) is 20.1. The van der Waals surface area contributed by atoms with E-state index in [4.69, 9.17) is 0 Å². The molecule has 0 bridgehead atoms. The zero-order chi connectivity index (χ0) is 19.2. The first-order valence-corrected chi connectivity index (χ1v) is 9.48. The van der Waals surface area contributed by atoms with E-state index in [1.807, 2.05) is 59.6 Å². The lowest BCUT2D eigenvalue weighted by molar-refractivity contribution is 0.194. The molecule has 0 aliphatic carbocycles. The number of nitrogens with zero attached hydrogens (tertiary/aromatic N) is 4. The van der Waals surface area contributed by atoms with Crippen LogP contribution in [0.5, 0.6) is 0 Å². The SMILES string of the molecule is O=[11C](NCc1ccccc1)N1CCN(c2cncnc2-c2ccccc2)CC1. The van der Waals surface area contributed by atoms with Crippen molar-refractivity contribution in [2.75, 3.05) is 31.1 Å². The van der Waals surface area contributed by atoms with Crippen molar-refractivity contribution < 1.29 is 4.79 Å². The summed E-state index contributed by atoms with van der Waals surface area (Å²) < 4.78 is 0. The van der Waals surface area contributed by atoms with Crippen LogP contribution in [-0.4, -0.2) is 47.1 Å². The number of rotatable bonds is 4. The predicted molar refractivity (Wildman–Crippen MR) is 110 cm³/mol. The van der Waals surface area contributed by atoms with E-state index in [2.05, 4.69) is 32.3 Å². The molecule has 1 aliphatic rings. The van der Waals surface area contributed by atoms with Crippen molar-refractivity contribution in [1.82, 2.24) is 20.2 Å². The van der Waals surface area contributed by atoms with Gasteiger partial charge < -0.3 is 15.1 Å². The van der Waals surface area contributed by atoms with Crippen LogP contribution in [0, 0.1) is 0 Å². The zero-order valence-electron chi connectivity index (χ0n) is 15.7. The van der Waals surface area contributed by atoms with Crippen LogP contribution in [0.2, 0.25) is 0 Å². The van der Waals surface area contributed by atoms with Gasteiger partial charge in [0, 0.05) is 38.3 Å². The summed E-state index contributed by atoms with van der Waals surface area (Å²) in [6.45, 7) is 3.40. The van der Waals surface area contributed by atoms with Gasteiger partial charge in [0.2, 0.25) is 0 Å². The Labute approximate surface area is 164 Å². The Bertz CT molecular complexity index is 908. The molecule has 1 saturated heterocycles. The number of hydrogen-bond acceptors (Lipinski definition) is 4. The van der Waals surface area contributed by atoms with Gasteiger partial charge in [-0.1, -0.05) is 60.7 Å². The van der Waals surface area contributed by atoms with Crippen LogP contribution >= 0.6 is 0 Å². The standard InChI is InChI=1S/C22H23N5O/c28-22(24-15-18-7-3-1-4-8-18)27-13-11-26(12-14-27)20-16-23-17-25-21(20)19-9-5-2-6-10-19/h1-10,16-17H,11-15H2,(H,24,28)/i22-1. The van der Waals surface area contributed by atoms with Gasteiger partial charge in [0.05, 0.1) is 17.6 Å². The third kappa shape index (κ3) is 4.11. The Kier molecular flexibility index (Phi) is 5.47. The first kappa shape index (κ1) is 18.0. The van der Waals surface area contributed by atoms with Crippen molar-refractivity contribution in [3.63, 3.8) is 0 Å². The second-order valence-electron chi connectivity index (χ2n) is 6.74. The Morgan fingerprint density at radius 3 is 2.32 bits per heavy atom. The van der Waals surface area contributed by atoms with Crippen molar-refractivity contribution in [2.24, 2.45) is 0 Å². The monoisotopic (exact) mass is 372 g/mol. The van der Waals surface area contributed by atoms with Gasteiger partial charge in [0.25, 0.3) is 0 Å². The molecule has 1 aromatic heterocycles. The van der Waals surface area contributed by atoms with Crippen molar-refractivity contribution in [2.45, 2.75) is 6.54 Å². The highest BCUT2D eigenvalue weighted by Crippen LogP contribution is 2.28. The molecule has 142 valence electrons. The molecule has 0 atom stereocenters. The van der Waals surface area contributed by atoms with E-state index in [0.717, 1.165) is 35.6 Å². The largest absolute Gasteiger partial charge is 0.365 e. The minimum atomic E-state index is -0.0175. The fourth-order valence-electron chi connectivity index (χ4n) is 3.41. The van der Waals surface area contributed by atoms with Gasteiger partial charge in [-0.05, 0) is 5.56 Å². The highest BCUT2D eigenvalue weighted by molar-refractivity contribution is 5.76. The number of carbonyl (C=O) groups is 1. The van der Waals surface area contributed by atoms with Gasteiger partial charge >= 0.3 is 6.03 Å². The molecule has 1 N–H and O–H groups in total. The number of carbonyl (C=O) groups excluding carboxylic acids is 1. The summed E-state index contributed by atoms with van der Waals surface area (Å²) in [4.78, 5) is 25.3. The van der Waals surface area contributed by atoms with E-state index in [1.54, 1.807) is 6.33 Å². The third-order valence-corrected chi connectivity index (χ3v) is 4.93. The number of anilines is 1. The normalized spacial score (nSPS) is 14.0. The summed E-state index contributed by atoms with van der Waals surface area (Å²) in [5.41, 5.74) is 4.11. The van der Waals surface area contributed by atoms with Gasteiger partial charge in [-0.3, -0.25) is 0 Å². The number of urea groups is 1. The van der Waals surface area contributed by atoms with Gasteiger partial charge in [0.15, 0.2) is 0 Å². The molecule has 0 unspecified atom stereocenters. The van der Waals surface area contributed by atoms with E-state index >= 15 is 0 Å².